The van der Waals surface area contributed by atoms with Crippen molar-refractivity contribution in [2.24, 2.45) is 0 Å². The molecular formula is C61H41N. The first-order valence-corrected chi connectivity index (χ1v) is 21.8. The van der Waals surface area contributed by atoms with Gasteiger partial charge in [-0.15, -0.1) is 0 Å². The molecule has 1 aromatic heterocycles. The predicted molar refractivity (Wildman–Crippen MR) is 265 cm³/mol. The number of nitrogens with zero attached hydrogens (tertiary/aromatic N) is 1. The fourth-order valence-corrected chi connectivity index (χ4v) is 11.2. The van der Waals surface area contributed by atoms with E-state index in [9.17, 15) is 0 Å². The summed E-state index contributed by atoms with van der Waals surface area (Å²) in [4.78, 5) is 0. The monoisotopic (exact) mass is 787 g/mol. The Labute approximate surface area is 360 Å². The molecule has 1 aliphatic rings. The van der Waals surface area contributed by atoms with Crippen molar-refractivity contribution in [1.82, 2.24) is 4.57 Å². The summed E-state index contributed by atoms with van der Waals surface area (Å²) in [6.07, 6.45) is 0. The van der Waals surface area contributed by atoms with Crippen LogP contribution in [0.3, 0.4) is 0 Å². The second kappa shape index (κ2) is 13.1. The molecule has 0 N–H and O–H groups in total. The molecule has 62 heavy (non-hydrogen) atoms. The Kier molecular flexibility index (Phi) is 7.42. The highest BCUT2D eigenvalue weighted by Crippen LogP contribution is 2.51. The number of hydrogen-bond donors (Lipinski definition) is 0. The molecule has 1 heteroatoms. The molecule has 0 atom stereocenters. The number of hydrogen-bond acceptors (Lipinski definition) is 0. The van der Waals surface area contributed by atoms with Gasteiger partial charge in [-0.2, -0.15) is 0 Å². The van der Waals surface area contributed by atoms with Gasteiger partial charge in [-0.25, -0.2) is 0 Å². The maximum atomic E-state index is 2.54. The third-order valence-electron chi connectivity index (χ3n) is 14.0. The number of aromatic nitrogens is 1. The van der Waals surface area contributed by atoms with Gasteiger partial charge in [-0.3, -0.25) is 0 Å². The van der Waals surface area contributed by atoms with Crippen LogP contribution >= 0.6 is 0 Å². The van der Waals surface area contributed by atoms with Crippen molar-refractivity contribution >= 4 is 64.9 Å². The van der Waals surface area contributed by atoms with Crippen LogP contribution in [0.25, 0.3) is 115 Å². The van der Waals surface area contributed by atoms with Crippen molar-refractivity contribution in [2.45, 2.75) is 19.3 Å². The third kappa shape index (κ3) is 4.91. The molecule has 0 spiro atoms. The largest absolute Gasteiger partial charge is 0.309 e. The standard InChI is InChI=1S/C61H41N/c1-61(2)53-27-15-14-21-45(53)46-34-33-42(36-54(46)61)62-55-35-32-38-16-6-7-19-43(38)59(55)60-47-22-9-8-20-44(47)52(37-56(60)62)39-28-30-41(31-29-39)58-50-25-12-10-23-48(50)57(40-17-4-3-5-18-40)49-24-11-13-26-51(49)58/h3-37H,1-2H3. The van der Waals surface area contributed by atoms with Gasteiger partial charge in [-0.05, 0) is 123 Å². The van der Waals surface area contributed by atoms with E-state index in [2.05, 4.69) is 231 Å². The van der Waals surface area contributed by atoms with Crippen LogP contribution in [-0.4, -0.2) is 4.57 Å². The van der Waals surface area contributed by atoms with E-state index in [-0.39, 0.29) is 5.41 Å². The van der Waals surface area contributed by atoms with Crippen LogP contribution in [0.15, 0.2) is 212 Å². The molecule has 0 aliphatic heterocycles. The van der Waals surface area contributed by atoms with Crippen LogP contribution in [0.5, 0.6) is 0 Å². The summed E-state index contributed by atoms with van der Waals surface area (Å²) in [5.41, 5.74) is 16.4. The minimum absolute atomic E-state index is 0.106. The fraction of sp³-hybridized carbons (Fsp3) is 0.0492. The molecular weight excluding hydrogens is 747 g/mol. The predicted octanol–water partition coefficient (Wildman–Crippen LogP) is 16.7. The average Bonchev–Trinajstić information content (AvgIpc) is 3.79. The number of fused-ring (bicyclic) bond motifs is 12. The molecule has 290 valence electrons. The Hall–Kier alpha value is -7.74. The summed E-state index contributed by atoms with van der Waals surface area (Å²) in [7, 11) is 0. The van der Waals surface area contributed by atoms with Gasteiger partial charge in [0, 0.05) is 21.9 Å². The molecule has 0 fully saturated rings. The van der Waals surface area contributed by atoms with Crippen LogP contribution in [0.4, 0.5) is 0 Å². The van der Waals surface area contributed by atoms with Gasteiger partial charge < -0.3 is 4.57 Å². The van der Waals surface area contributed by atoms with E-state index in [4.69, 9.17) is 0 Å². The van der Waals surface area contributed by atoms with Crippen LogP contribution in [-0.2, 0) is 5.41 Å². The molecule has 1 aliphatic carbocycles. The lowest BCUT2D eigenvalue weighted by Crippen LogP contribution is -2.15. The van der Waals surface area contributed by atoms with Crippen molar-refractivity contribution in [3.05, 3.63) is 223 Å². The zero-order valence-corrected chi connectivity index (χ0v) is 34.7. The van der Waals surface area contributed by atoms with Gasteiger partial charge in [0.1, 0.15) is 0 Å². The van der Waals surface area contributed by atoms with Gasteiger partial charge in [0.15, 0.2) is 0 Å². The summed E-state index contributed by atoms with van der Waals surface area (Å²) >= 11 is 0. The van der Waals surface area contributed by atoms with E-state index in [1.54, 1.807) is 0 Å². The summed E-state index contributed by atoms with van der Waals surface area (Å²) in [6.45, 7) is 4.75. The minimum Gasteiger partial charge on any atom is -0.309 e. The molecule has 11 aromatic carbocycles. The Morgan fingerprint density at radius 2 is 0.839 bits per heavy atom. The van der Waals surface area contributed by atoms with Gasteiger partial charge in [-0.1, -0.05) is 202 Å². The molecule has 0 saturated carbocycles. The second-order valence-electron chi connectivity index (χ2n) is 17.6. The highest BCUT2D eigenvalue weighted by Gasteiger charge is 2.35. The maximum Gasteiger partial charge on any atom is 0.0553 e. The lowest BCUT2D eigenvalue weighted by Gasteiger charge is -2.22. The highest BCUT2D eigenvalue weighted by molar-refractivity contribution is 6.30. The maximum absolute atomic E-state index is 2.54. The third-order valence-corrected chi connectivity index (χ3v) is 14.0. The van der Waals surface area contributed by atoms with E-state index in [0.717, 1.165) is 0 Å². The lowest BCUT2D eigenvalue weighted by atomic mass is 9.82. The summed E-state index contributed by atoms with van der Waals surface area (Å²) in [6, 6.07) is 79.1. The van der Waals surface area contributed by atoms with Gasteiger partial charge in [0.05, 0.1) is 11.0 Å². The molecule has 12 aromatic rings. The Balaban J connectivity index is 1.05. The van der Waals surface area contributed by atoms with E-state index in [1.165, 1.54) is 126 Å². The van der Waals surface area contributed by atoms with E-state index < -0.39 is 0 Å². The molecule has 1 heterocycles. The Morgan fingerprint density at radius 3 is 1.53 bits per heavy atom. The van der Waals surface area contributed by atoms with Crippen LogP contribution in [0, 0.1) is 0 Å². The van der Waals surface area contributed by atoms with Crippen molar-refractivity contribution in [3.63, 3.8) is 0 Å². The molecule has 1 nitrogen and oxygen atoms in total. The first-order chi connectivity index (χ1) is 30.5. The van der Waals surface area contributed by atoms with E-state index in [0.29, 0.717) is 0 Å². The topological polar surface area (TPSA) is 4.93 Å². The number of benzene rings is 11. The van der Waals surface area contributed by atoms with Crippen molar-refractivity contribution in [3.8, 4) is 50.2 Å². The fourth-order valence-electron chi connectivity index (χ4n) is 11.2. The minimum atomic E-state index is -0.106. The highest BCUT2D eigenvalue weighted by atomic mass is 15.0. The molecule has 0 amide bonds. The van der Waals surface area contributed by atoms with Gasteiger partial charge in [0.25, 0.3) is 0 Å². The Bertz CT molecular complexity index is 3750. The zero-order chi connectivity index (χ0) is 41.1. The van der Waals surface area contributed by atoms with Crippen LogP contribution < -0.4 is 0 Å². The quantitative estimate of drug-likeness (QED) is 0.157. The summed E-state index contributed by atoms with van der Waals surface area (Å²) < 4.78 is 2.54. The molecule has 0 unspecified atom stereocenters. The van der Waals surface area contributed by atoms with E-state index >= 15 is 0 Å². The van der Waals surface area contributed by atoms with Crippen LogP contribution in [0.1, 0.15) is 25.0 Å². The summed E-state index contributed by atoms with van der Waals surface area (Å²) in [5.74, 6) is 0. The first kappa shape index (κ1) is 35.1. The average molecular weight is 788 g/mol. The SMILES string of the molecule is CC1(C)c2ccccc2-c2ccc(-n3c4ccc5ccccc5c4c4c5ccccc5c(-c5ccc(-c6c7ccccc7c(-c7ccccc7)c7ccccc67)cc5)cc43)cc21. The molecule has 0 radical (unpaired) electrons. The second-order valence-corrected chi connectivity index (χ2v) is 17.6. The molecule has 0 bridgehead atoms. The van der Waals surface area contributed by atoms with Crippen LogP contribution in [0.2, 0.25) is 0 Å². The lowest BCUT2D eigenvalue weighted by molar-refractivity contribution is 0.660. The van der Waals surface area contributed by atoms with Gasteiger partial charge >= 0.3 is 0 Å². The smallest absolute Gasteiger partial charge is 0.0553 e. The van der Waals surface area contributed by atoms with Crippen molar-refractivity contribution < 1.29 is 0 Å². The first-order valence-electron chi connectivity index (χ1n) is 21.8. The Morgan fingerprint density at radius 1 is 0.323 bits per heavy atom. The van der Waals surface area contributed by atoms with Crippen molar-refractivity contribution in [2.75, 3.05) is 0 Å². The molecule has 13 rings (SSSR count). The van der Waals surface area contributed by atoms with Crippen molar-refractivity contribution in [1.29, 1.82) is 0 Å². The zero-order valence-electron chi connectivity index (χ0n) is 34.7. The molecule has 0 saturated heterocycles. The van der Waals surface area contributed by atoms with Gasteiger partial charge in [0.2, 0.25) is 0 Å². The normalized spacial score (nSPS) is 13.1. The number of rotatable bonds is 4. The summed E-state index contributed by atoms with van der Waals surface area (Å²) in [5, 5.41) is 12.7. The van der Waals surface area contributed by atoms with E-state index in [1.807, 2.05) is 0 Å².